The maximum atomic E-state index is 11.6. The summed E-state index contributed by atoms with van der Waals surface area (Å²) < 4.78 is 16.4. The molecule has 4 aromatic rings. The summed E-state index contributed by atoms with van der Waals surface area (Å²) in [7, 11) is 1.63. The van der Waals surface area contributed by atoms with Gasteiger partial charge < -0.3 is 19.1 Å². The Hall–Kier alpha value is -3.88. The van der Waals surface area contributed by atoms with E-state index >= 15 is 0 Å². The average Bonchev–Trinajstić information content (AvgIpc) is 3.54. The van der Waals surface area contributed by atoms with Gasteiger partial charge in [0, 0.05) is 55.0 Å². The highest BCUT2D eigenvalue weighted by Crippen LogP contribution is 2.38. The van der Waals surface area contributed by atoms with Gasteiger partial charge in [-0.05, 0) is 59.7 Å². The molecule has 44 heavy (non-hydrogen) atoms. The Bertz CT molecular complexity index is 1560. The molecular formula is C35H38ClN3O5. The fraction of sp³-hybridized carbons (Fsp3) is 0.400. The summed E-state index contributed by atoms with van der Waals surface area (Å²) in [5.41, 5.74) is 4.36. The predicted octanol–water partition coefficient (Wildman–Crippen LogP) is 8.39. The van der Waals surface area contributed by atoms with E-state index in [9.17, 15) is 9.90 Å². The van der Waals surface area contributed by atoms with Crippen LogP contribution in [0, 0.1) is 0 Å². The van der Waals surface area contributed by atoms with Crippen LogP contribution in [0.25, 0.3) is 22.8 Å². The Labute approximate surface area is 262 Å². The highest BCUT2D eigenvalue weighted by molar-refractivity contribution is 6.31. The van der Waals surface area contributed by atoms with Crippen molar-refractivity contribution < 1.29 is 23.9 Å². The minimum absolute atomic E-state index is 0.455. The van der Waals surface area contributed by atoms with Crippen molar-refractivity contribution in [2.75, 3.05) is 20.2 Å². The van der Waals surface area contributed by atoms with Gasteiger partial charge in [0.1, 0.15) is 11.4 Å². The molecule has 9 heteroatoms. The Morgan fingerprint density at radius 2 is 1.66 bits per heavy atom. The van der Waals surface area contributed by atoms with Gasteiger partial charge in [0.05, 0.1) is 7.11 Å². The molecule has 1 saturated heterocycles. The van der Waals surface area contributed by atoms with E-state index < -0.39 is 11.8 Å². The van der Waals surface area contributed by atoms with Crippen LogP contribution in [0.15, 0.2) is 71.3 Å². The lowest BCUT2D eigenvalue weighted by Gasteiger charge is -2.40. The van der Waals surface area contributed by atoms with Crippen LogP contribution in [0.5, 0.6) is 5.75 Å². The number of hydrogen-bond donors (Lipinski definition) is 1. The third kappa shape index (κ3) is 7.08. The molecule has 2 fully saturated rings. The standard InChI is InChI=1S/C35H38ClN3O5/c1-42-29-14-9-24(10-15-29)22-35(43-34(40)41)17-19-39(20-18-35)23-25-7-11-27(12-8-25)32-37-33(44-38-32)28-13-16-30(31(36)21-28)26-5-3-2-4-6-26/h7-16,21,26H,2-6,17-20,22-23H2,1H3,(H,40,41). The number of piperidine rings is 1. The Kier molecular flexibility index (Phi) is 9.19. The number of methoxy groups -OCH3 is 1. The van der Waals surface area contributed by atoms with E-state index in [1.807, 2.05) is 48.5 Å². The number of carbonyl (C=O) groups is 1. The Morgan fingerprint density at radius 1 is 0.977 bits per heavy atom. The number of aromatic nitrogens is 2. The highest BCUT2D eigenvalue weighted by atomic mass is 35.5. The third-order valence-corrected chi connectivity index (χ3v) is 9.42. The number of rotatable bonds is 9. The number of likely N-dealkylation sites (tertiary alicyclic amines) is 1. The molecule has 0 spiro atoms. The number of nitrogens with zero attached hydrogens (tertiary/aromatic N) is 3. The van der Waals surface area contributed by atoms with Crippen molar-refractivity contribution in [3.8, 4) is 28.6 Å². The molecule has 1 N–H and O–H groups in total. The van der Waals surface area contributed by atoms with Crippen LogP contribution in [0.2, 0.25) is 5.02 Å². The van der Waals surface area contributed by atoms with Gasteiger partial charge >= 0.3 is 6.16 Å². The number of benzene rings is 3. The van der Waals surface area contributed by atoms with Crippen LogP contribution in [0.3, 0.4) is 0 Å². The summed E-state index contributed by atoms with van der Waals surface area (Å²) in [4.78, 5) is 18.6. The fourth-order valence-electron chi connectivity index (χ4n) is 6.61. The maximum Gasteiger partial charge on any atom is 0.506 e. The van der Waals surface area contributed by atoms with Gasteiger partial charge in [-0.3, -0.25) is 4.90 Å². The third-order valence-electron chi connectivity index (χ3n) is 9.09. The lowest BCUT2D eigenvalue weighted by Crippen LogP contribution is -2.48. The molecule has 1 aromatic heterocycles. The first-order valence-electron chi connectivity index (χ1n) is 15.4. The van der Waals surface area contributed by atoms with E-state index in [0.29, 0.717) is 36.9 Å². The van der Waals surface area contributed by atoms with E-state index in [0.717, 1.165) is 52.7 Å². The molecule has 6 rings (SSSR count). The number of hydrogen-bond acceptors (Lipinski definition) is 7. The molecule has 0 amide bonds. The van der Waals surface area contributed by atoms with Crippen LogP contribution in [-0.2, 0) is 17.7 Å². The molecule has 1 aliphatic heterocycles. The van der Waals surface area contributed by atoms with Crippen molar-refractivity contribution in [3.05, 3.63) is 88.4 Å². The van der Waals surface area contributed by atoms with Gasteiger partial charge in [-0.25, -0.2) is 4.79 Å². The first-order valence-corrected chi connectivity index (χ1v) is 15.8. The number of halogens is 1. The van der Waals surface area contributed by atoms with Crippen molar-refractivity contribution >= 4 is 17.8 Å². The first kappa shape index (κ1) is 30.2. The van der Waals surface area contributed by atoms with Crippen LogP contribution in [0.4, 0.5) is 4.79 Å². The number of ether oxygens (including phenoxy) is 2. The first-order chi connectivity index (χ1) is 21.4. The molecule has 0 unspecified atom stereocenters. The predicted molar refractivity (Wildman–Crippen MR) is 169 cm³/mol. The summed E-state index contributed by atoms with van der Waals surface area (Å²) in [6, 6.07) is 22.0. The molecule has 1 aliphatic carbocycles. The average molecular weight is 616 g/mol. The summed E-state index contributed by atoms with van der Waals surface area (Å²) >= 11 is 6.69. The highest BCUT2D eigenvalue weighted by Gasteiger charge is 2.38. The Morgan fingerprint density at radius 3 is 2.32 bits per heavy atom. The summed E-state index contributed by atoms with van der Waals surface area (Å²) in [6.07, 6.45) is 6.79. The van der Waals surface area contributed by atoms with Crippen molar-refractivity contribution in [2.45, 2.75) is 69.4 Å². The van der Waals surface area contributed by atoms with E-state index in [4.69, 9.17) is 25.6 Å². The fourth-order valence-corrected chi connectivity index (χ4v) is 6.95. The zero-order valence-electron chi connectivity index (χ0n) is 25.0. The molecule has 8 nitrogen and oxygen atoms in total. The monoisotopic (exact) mass is 615 g/mol. The van der Waals surface area contributed by atoms with Gasteiger partial charge in [-0.1, -0.05) is 78.5 Å². The normalized spacial score (nSPS) is 17.3. The zero-order valence-corrected chi connectivity index (χ0v) is 25.8. The van der Waals surface area contributed by atoms with Gasteiger partial charge in [0.25, 0.3) is 5.89 Å². The quantitative estimate of drug-likeness (QED) is 0.187. The summed E-state index contributed by atoms with van der Waals surface area (Å²) in [5, 5.41) is 14.5. The summed E-state index contributed by atoms with van der Waals surface area (Å²) in [5.74, 6) is 2.29. The number of carboxylic acid groups (broad SMARTS) is 1. The molecule has 0 atom stereocenters. The second-order valence-electron chi connectivity index (χ2n) is 12.0. The molecule has 0 bridgehead atoms. The topological polar surface area (TPSA) is 97.9 Å². The maximum absolute atomic E-state index is 11.6. The van der Waals surface area contributed by atoms with Crippen molar-refractivity contribution in [1.82, 2.24) is 15.0 Å². The molecule has 230 valence electrons. The van der Waals surface area contributed by atoms with Crippen LogP contribution in [0.1, 0.15) is 67.6 Å². The molecule has 2 heterocycles. The lowest BCUT2D eigenvalue weighted by atomic mass is 9.84. The second-order valence-corrected chi connectivity index (χ2v) is 12.5. The molecule has 3 aromatic carbocycles. The van der Waals surface area contributed by atoms with Gasteiger partial charge in [-0.15, -0.1) is 0 Å². The minimum atomic E-state index is -1.23. The van der Waals surface area contributed by atoms with E-state index in [1.54, 1.807) is 7.11 Å². The van der Waals surface area contributed by atoms with Gasteiger partial charge in [0.15, 0.2) is 0 Å². The van der Waals surface area contributed by atoms with Gasteiger partial charge in [-0.2, -0.15) is 4.98 Å². The summed E-state index contributed by atoms with van der Waals surface area (Å²) in [6.45, 7) is 2.23. The van der Waals surface area contributed by atoms with Gasteiger partial charge in [0.2, 0.25) is 5.82 Å². The smallest absolute Gasteiger partial charge is 0.497 e. The molecule has 1 saturated carbocycles. The largest absolute Gasteiger partial charge is 0.506 e. The van der Waals surface area contributed by atoms with Crippen LogP contribution >= 0.6 is 11.6 Å². The van der Waals surface area contributed by atoms with Crippen molar-refractivity contribution in [2.24, 2.45) is 0 Å². The van der Waals surface area contributed by atoms with Crippen molar-refractivity contribution in [3.63, 3.8) is 0 Å². The van der Waals surface area contributed by atoms with Crippen molar-refractivity contribution in [1.29, 1.82) is 0 Å². The second kappa shape index (κ2) is 13.4. The SMILES string of the molecule is COc1ccc(CC2(OC(=O)O)CCN(Cc3ccc(-c4noc(-c5ccc(C6CCCCC6)c(Cl)c5)n4)cc3)CC2)cc1. The van der Waals surface area contributed by atoms with Crippen LogP contribution < -0.4 is 4.74 Å². The molecule has 0 radical (unpaired) electrons. The zero-order chi connectivity index (χ0) is 30.5. The van der Waals surface area contributed by atoms with E-state index in [1.165, 1.54) is 37.7 Å². The molecule has 2 aliphatic rings. The van der Waals surface area contributed by atoms with E-state index in [2.05, 4.69) is 33.2 Å². The molecular weight excluding hydrogens is 578 g/mol. The lowest BCUT2D eigenvalue weighted by molar-refractivity contribution is -0.0570. The van der Waals surface area contributed by atoms with E-state index in [-0.39, 0.29) is 0 Å². The Balaban J connectivity index is 1.06. The van der Waals surface area contributed by atoms with Crippen LogP contribution in [-0.4, -0.2) is 52.1 Å². The minimum Gasteiger partial charge on any atom is -0.497 e.